The summed E-state index contributed by atoms with van der Waals surface area (Å²) in [7, 11) is 1.68. The first-order chi connectivity index (χ1) is 8.24. The minimum Gasteiger partial charge on any atom is -0.383 e. The number of rotatable bonds is 5. The highest BCUT2D eigenvalue weighted by atomic mass is 16.5. The van der Waals surface area contributed by atoms with Gasteiger partial charge in [-0.05, 0) is 6.42 Å². The Bertz CT molecular complexity index is 496. The van der Waals surface area contributed by atoms with E-state index >= 15 is 0 Å². The zero-order valence-corrected chi connectivity index (χ0v) is 10.1. The number of hydrogen-bond donors (Lipinski definition) is 2. The van der Waals surface area contributed by atoms with Gasteiger partial charge >= 0.3 is 0 Å². The molecule has 0 fully saturated rings. The molecule has 0 saturated heterocycles. The molecule has 0 spiro atoms. The summed E-state index contributed by atoms with van der Waals surface area (Å²) in [4.78, 5) is 8.52. The van der Waals surface area contributed by atoms with Gasteiger partial charge in [-0.15, -0.1) is 0 Å². The van der Waals surface area contributed by atoms with Gasteiger partial charge in [-0.25, -0.2) is 9.97 Å². The maximum absolute atomic E-state index is 5.74. The fourth-order valence-electron chi connectivity index (χ4n) is 1.70. The number of methoxy groups -OCH3 is 1. The first kappa shape index (κ1) is 11.7. The molecule has 2 aromatic heterocycles. The van der Waals surface area contributed by atoms with Crippen LogP contribution in [0.2, 0.25) is 0 Å². The summed E-state index contributed by atoms with van der Waals surface area (Å²) in [6.45, 7) is 2.71. The number of nitrogens with one attached hydrogen (secondary N) is 1. The maximum atomic E-state index is 5.74. The van der Waals surface area contributed by atoms with Crippen LogP contribution in [0, 0.1) is 0 Å². The molecule has 2 rings (SSSR count). The monoisotopic (exact) mass is 235 g/mol. The van der Waals surface area contributed by atoms with E-state index in [1.807, 2.05) is 10.6 Å². The lowest BCUT2D eigenvalue weighted by Gasteiger charge is -2.17. The van der Waals surface area contributed by atoms with E-state index in [4.69, 9.17) is 10.5 Å². The molecule has 0 radical (unpaired) electrons. The summed E-state index contributed by atoms with van der Waals surface area (Å²) in [6.07, 6.45) is 6.25. The molecular formula is C11H17N5O. The number of nitrogens with zero attached hydrogens (tertiary/aromatic N) is 3. The molecule has 1 atom stereocenters. The summed E-state index contributed by atoms with van der Waals surface area (Å²) in [5.74, 6) is 1.16. The van der Waals surface area contributed by atoms with E-state index in [9.17, 15) is 0 Å². The molecule has 6 heteroatoms. The van der Waals surface area contributed by atoms with Crippen LogP contribution in [0.4, 0.5) is 11.6 Å². The summed E-state index contributed by atoms with van der Waals surface area (Å²) >= 11 is 0. The van der Waals surface area contributed by atoms with Crippen LogP contribution in [0.25, 0.3) is 5.65 Å². The summed E-state index contributed by atoms with van der Waals surface area (Å²) in [5.41, 5.74) is 6.52. The average Bonchev–Trinajstić information content (AvgIpc) is 2.76. The third-order valence-electron chi connectivity index (χ3n) is 2.59. The van der Waals surface area contributed by atoms with E-state index in [2.05, 4.69) is 22.2 Å². The molecule has 17 heavy (non-hydrogen) atoms. The zero-order chi connectivity index (χ0) is 12.3. The van der Waals surface area contributed by atoms with Crippen molar-refractivity contribution in [2.75, 3.05) is 24.8 Å². The first-order valence-electron chi connectivity index (χ1n) is 5.59. The van der Waals surface area contributed by atoms with E-state index < -0.39 is 0 Å². The van der Waals surface area contributed by atoms with Crippen LogP contribution < -0.4 is 11.1 Å². The van der Waals surface area contributed by atoms with Gasteiger partial charge in [-0.2, -0.15) is 0 Å². The second-order valence-electron chi connectivity index (χ2n) is 3.88. The van der Waals surface area contributed by atoms with Crippen LogP contribution in [0.1, 0.15) is 13.3 Å². The van der Waals surface area contributed by atoms with Gasteiger partial charge in [0.2, 0.25) is 0 Å². The smallest absolute Gasteiger partial charge is 0.180 e. The fraction of sp³-hybridized carbons (Fsp3) is 0.455. The number of ether oxygens (including phenoxy) is 1. The Morgan fingerprint density at radius 3 is 3.12 bits per heavy atom. The van der Waals surface area contributed by atoms with Crippen LogP contribution in [0.5, 0.6) is 0 Å². The molecule has 2 heterocycles. The Kier molecular flexibility index (Phi) is 3.43. The highest BCUT2D eigenvalue weighted by molar-refractivity contribution is 5.65. The van der Waals surface area contributed by atoms with Crippen molar-refractivity contribution in [2.45, 2.75) is 19.4 Å². The molecule has 2 aromatic rings. The maximum Gasteiger partial charge on any atom is 0.180 e. The van der Waals surface area contributed by atoms with Crippen LogP contribution in [-0.4, -0.2) is 34.1 Å². The minimum atomic E-state index is 0.204. The van der Waals surface area contributed by atoms with Crippen molar-refractivity contribution in [2.24, 2.45) is 0 Å². The Balaban J connectivity index is 2.30. The first-order valence-corrected chi connectivity index (χ1v) is 5.59. The third-order valence-corrected chi connectivity index (χ3v) is 2.59. The number of hydrogen-bond acceptors (Lipinski definition) is 5. The van der Waals surface area contributed by atoms with E-state index in [0.29, 0.717) is 18.2 Å². The van der Waals surface area contributed by atoms with Gasteiger partial charge in [-0.3, -0.25) is 0 Å². The summed E-state index contributed by atoms with van der Waals surface area (Å²) in [5, 5.41) is 3.30. The molecule has 0 aromatic carbocycles. The quantitative estimate of drug-likeness (QED) is 0.812. The molecule has 92 valence electrons. The van der Waals surface area contributed by atoms with E-state index in [1.165, 1.54) is 0 Å². The SMILES string of the molecule is CCC(COC)Nc1nc(N)cn2ccnc12. The van der Waals surface area contributed by atoms with Crippen molar-refractivity contribution < 1.29 is 4.74 Å². The van der Waals surface area contributed by atoms with Gasteiger partial charge in [0.1, 0.15) is 5.82 Å². The Hall–Kier alpha value is -1.82. The van der Waals surface area contributed by atoms with Gasteiger partial charge in [-0.1, -0.05) is 6.92 Å². The topological polar surface area (TPSA) is 77.5 Å². The number of fused-ring (bicyclic) bond motifs is 1. The van der Waals surface area contributed by atoms with E-state index in [1.54, 1.807) is 19.5 Å². The number of anilines is 2. The molecule has 3 N–H and O–H groups in total. The van der Waals surface area contributed by atoms with Gasteiger partial charge in [0.25, 0.3) is 0 Å². The highest BCUT2D eigenvalue weighted by Gasteiger charge is 2.11. The second kappa shape index (κ2) is 5.01. The van der Waals surface area contributed by atoms with Crippen molar-refractivity contribution in [1.82, 2.24) is 14.4 Å². The number of nitrogens with two attached hydrogens (primary N) is 1. The molecule has 0 amide bonds. The molecule has 0 aliphatic heterocycles. The van der Waals surface area contributed by atoms with Crippen molar-refractivity contribution in [3.8, 4) is 0 Å². The average molecular weight is 235 g/mol. The zero-order valence-electron chi connectivity index (χ0n) is 10.1. The lowest BCUT2D eigenvalue weighted by atomic mass is 10.2. The fourth-order valence-corrected chi connectivity index (χ4v) is 1.70. The number of nitrogen functional groups attached to an aromatic ring is 1. The summed E-state index contributed by atoms with van der Waals surface area (Å²) < 4.78 is 6.99. The van der Waals surface area contributed by atoms with Crippen molar-refractivity contribution in [1.29, 1.82) is 0 Å². The Labute approximate surface area is 99.8 Å². The van der Waals surface area contributed by atoms with Crippen LogP contribution in [-0.2, 0) is 4.74 Å². The standard InChI is InChI=1S/C11H17N5O/c1-3-8(7-17-2)14-10-11-13-4-5-16(11)6-9(12)15-10/h4-6,8H,3,7,12H2,1-2H3,(H,14,15). The Morgan fingerprint density at radius 2 is 2.41 bits per heavy atom. The summed E-state index contributed by atoms with van der Waals surface area (Å²) in [6, 6.07) is 0.204. The van der Waals surface area contributed by atoms with Gasteiger partial charge < -0.3 is 20.2 Å². The lowest BCUT2D eigenvalue weighted by Crippen LogP contribution is -2.25. The van der Waals surface area contributed by atoms with Gasteiger partial charge in [0, 0.05) is 19.5 Å². The Morgan fingerprint density at radius 1 is 1.59 bits per heavy atom. The predicted molar refractivity (Wildman–Crippen MR) is 67.0 cm³/mol. The van der Waals surface area contributed by atoms with Crippen molar-refractivity contribution >= 4 is 17.3 Å². The van der Waals surface area contributed by atoms with Gasteiger partial charge in [0.05, 0.1) is 18.8 Å². The van der Waals surface area contributed by atoms with Crippen LogP contribution in [0.3, 0.4) is 0 Å². The molecule has 0 aliphatic carbocycles. The molecule has 1 unspecified atom stereocenters. The van der Waals surface area contributed by atoms with Crippen molar-refractivity contribution in [3.63, 3.8) is 0 Å². The lowest BCUT2D eigenvalue weighted by molar-refractivity contribution is 0.184. The minimum absolute atomic E-state index is 0.204. The predicted octanol–water partition coefficient (Wildman–Crippen LogP) is 1.15. The molecule has 0 saturated carbocycles. The number of imidazole rings is 1. The largest absolute Gasteiger partial charge is 0.383 e. The van der Waals surface area contributed by atoms with Crippen LogP contribution in [0.15, 0.2) is 18.6 Å². The third kappa shape index (κ3) is 2.47. The molecular weight excluding hydrogens is 218 g/mol. The van der Waals surface area contributed by atoms with Gasteiger partial charge in [0.15, 0.2) is 11.5 Å². The molecule has 6 nitrogen and oxygen atoms in total. The van der Waals surface area contributed by atoms with Crippen LogP contribution >= 0.6 is 0 Å². The molecule has 0 aliphatic rings. The van der Waals surface area contributed by atoms with E-state index in [-0.39, 0.29) is 6.04 Å². The highest BCUT2D eigenvalue weighted by Crippen LogP contribution is 2.16. The normalized spacial score (nSPS) is 12.8. The second-order valence-corrected chi connectivity index (χ2v) is 3.88. The molecule has 0 bridgehead atoms. The number of aromatic nitrogens is 3. The van der Waals surface area contributed by atoms with Crippen molar-refractivity contribution in [3.05, 3.63) is 18.6 Å². The van der Waals surface area contributed by atoms with E-state index in [0.717, 1.165) is 12.1 Å².